The SMILES string of the molecule is CC(C)c1c(-c2cnn(Cc3cccc(Cl)c3)c2)[nH]c2c(C#N)cnn2c1=O. The second kappa shape index (κ2) is 6.98. The number of fused-ring (bicyclic) bond motifs is 1. The van der Waals surface area contributed by atoms with Crippen molar-refractivity contribution >= 4 is 17.2 Å². The highest BCUT2D eigenvalue weighted by Gasteiger charge is 2.20. The topological polar surface area (TPSA) is 91.8 Å². The van der Waals surface area contributed by atoms with Crippen LogP contribution in [0.2, 0.25) is 5.02 Å². The molecule has 28 heavy (non-hydrogen) atoms. The van der Waals surface area contributed by atoms with Gasteiger partial charge in [-0.3, -0.25) is 9.48 Å². The van der Waals surface area contributed by atoms with Crippen molar-refractivity contribution in [3.63, 3.8) is 0 Å². The van der Waals surface area contributed by atoms with E-state index in [1.807, 2.05) is 44.3 Å². The largest absolute Gasteiger partial charge is 0.338 e. The molecule has 0 saturated carbocycles. The summed E-state index contributed by atoms with van der Waals surface area (Å²) in [7, 11) is 0. The molecule has 0 aliphatic heterocycles. The summed E-state index contributed by atoms with van der Waals surface area (Å²) in [6, 6.07) is 9.65. The maximum absolute atomic E-state index is 13.0. The summed E-state index contributed by atoms with van der Waals surface area (Å²) in [5.74, 6) is -0.0332. The van der Waals surface area contributed by atoms with Gasteiger partial charge in [0.2, 0.25) is 0 Å². The highest BCUT2D eigenvalue weighted by molar-refractivity contribution is 6.30. The summed E-state index contributed by atoms with van der Waals surface area (Å²) in [6.45, 7) is 4.45. The van der Waals surface area contributed by atoms with E-state index in [-0.39, 0.29) is 11.5 Å². The molecule has 0 aliphatic carbocycles. The van der Waals surface area contributed by atoms with Gasteiger partial charge in [-0.1, -0.05) is 37.6 Å². The number of nitriles is 1. The lowest BCUT2D eigenvalue weighted by atomic mass is 10.00. The Morgan fingerprint density at radius 1 is 1.29 bits per heavy atom. The van der Waals surface area contributed by atoms with E-state index in [0.29, 0.717) is 34.0 Å². The molecule has 0 aliphatic rings. The molecular formula is C20H17ClN6O. The van der Waals surface area contributed by atoms with Gasteiger partial charge in [-0.05, 0) is 23.6 Å². The van der Waals surface area contributed by atoms with Gasteiger partial charge in [0, 0.05) is 22.3 Å². The van der Waals surface area contributed by atoms with Gasteiger partial charge < -0.3 is 4.98 Å². The smallest absolute Gasteiger partial charge is 0.278 e. The fourth-order valence-corrected chi connectivity index (χ4v) is 3.49. The van der Waals surface area contributed by atoms with E-state index in [9.17, 15) is 10.1 Å². The summed E-state index contributed by atoms with van der Waals surface area (Å²) < 4.78 is 3.03. The van der Waals surface area contributed by atoms with E-state index in [4.69, 9.17) is 11.6 Å². The standard InChI is InChI=1S/C20H17ClN6O/c1-12(2)17-18(25-19-14(7-22)8-24-27(19)20(17)28)15-9-23-26(11-15)10-13-4-3-5-16(21)6-13/h3-6,8-9,11-12,25H,10H2,1-2H3. The van der Waals surface area contributed by atoms with Crippen LogP contribution in [-0.2, 0) is 6.54 Å². The third-order valence-electron chi connectivity index (χ3n) is 4.56. The first-order valence-electron chi connectivity index (χ1n) is 8.79. The fraction of sp³-hybridized carbons (Fsp3) is 0.200. The van der Waals surface area contributed by atoms with E-state index < -0.39 is 0 Å². The summed E-state index contributed by atoms with van der Waals surface area (Å²) in [6.07, 6.45) is 4.97. The van der Waals surface area contributed by atoms with E-state index in [0.717, 1.165) is 11.1 Å². The van der Waals surface area contributed by atoms with Gasteiger partial charge in [0.15, 0.2) is 5.65 Å². The van der Waals surface area contributed by atoms with E-state index in [1.165, 1.54) is 10.7 Å². The van der Waals surface area contributed by atoms with Crippen LogP contribution in [0.5, 0.6) is 0 Å². The molecule has 3 aromatic heterocycles. The van der Waals surface area contributed by atoms with Gasteiger partial charge in [0.25, 0.3) is 5.56 Å². The Labute approximate surface area is 165 Å². The average Bonchev–Trinajstić information content (AvgIpc) is 3.28. The number of nitrogens with one attached hydrogen (secondary N) is 1. The minimum Gasteiger partial charge on any atom is -0.338 e. The first-order chi connectivity index (χ1) is 13.5. The molecule has 0 amide bonds. The third kappa shape index (κ3) is 3.08. The Bertz CT molecular complexity index is 1270. The molecule has 1 N–H and O–H groups in total. The Balaban J connectivity index is 1.83. The van der Waals surface area contributed by atoms with Gasteiger partial charge in [-0.25, -0.2) is 0 Å². The van der Waals surface area contributed by atoms with Crippen molar-refractivity contribution in [2.24, 2.45) is 0 Å². The van der Waals surface area contributed by atoms with Crippen LogP contribution >= 0.6 is 11.6 Å². The zero-order valence-electron chi connectivity index (χ0n) is 15.3. The van der Waals surface area contributed by atoms with E-state index in [2.05, 4.69) is 21.3 Å². The van der Waals surface area contributed by atoms with Crippen molar-refractivity contribution in [3.05, 3.63) is 74.9 Å². The van der Waals surface area contributed by atoms with Crippen LogP contribution in [0.4, 0.5) is 0 Å². The Morgan fingerprint density at radius 2 is 2.11 bits per heavy atom. The summed E-state index contributed by atoms with van der Waals surface area (Å²) in [4.78, 5) is 16.2. The molecule has 0 spiro atoms. The third-order valence-corrected chi connectivity index (χ3v) is 4.79. The summed E-state index contributed by atoms with van der Waals surface area (Å²) >= 11 is 6.05. The Hall–Kier alpha value is -3.37. The first-order valence-corrected chi connectivity index (χ1v) is 9.17. The minimum atomic E-state index is -0.233. The molecule has 0 radical (unpaired) electrons. The van der Waals surface area contributed by atoms with Crippen LogP contribution in [0, 0.1) is 11.3 Å². The fourth-order valence-electron chi connectivity index (χ4n) is 3.28. The highest BCUT2D eigenvalue weighted by Crippen LogP contribution is 2.26. The number of aromatic nitrogens is 5. The molecular weight excluding hydrogens is 376 g/mol. The lowest BCUT2D eigenvalue weighted by molar-refractivity contribution is 0.687. The molecule has 3 heterocycles. The number of halogens is 1. The Morgan fingerprint density at radius 3 is 2.82 bits per heavy atom. The van der Waals surface area contributed by atoms with Crippen LogP contribution in [0.15, 0.2) is 47.7 Å². The molecule has 0 atom stereocenters. The number of hydrogen-bond acceptors (Lipinski definition) is 4. The van der Waals surface area contributed by atoms with Crippen LogP contribution in [0.3, 0.4) is 0 Å². The van der Waals surface area contributed by atoms with Crippen LogP contribution in [0.25, 0.3) is 16.9 Å². The molecule has 8 heteroatoms. The van der Waals surface area contributed by atoms with E-state index in [1.54, 1.807) is 10.9 Å². The molecule has 7 nitrogen and oxygen atoms in total. The van der Waals surface area contributed by atoms with Gasteiger partial charge >= 0.3 is 0 Å². The van der Waals surface area contributed by atoms with Crippen molar-refractivity contribution in [1.82, 2.24) is 24.4 Å². The first kappa shape index (κ1) is 18.0. The van der Waals surface area contributed by atoms with Gasteiger partial charge in [-0.15, -0.1) is 0 Å². The number of nitrogens with zero attached hydrogens (tertiary/aromatic N) is 5. The van der Waals surface area contributed by atoms with Crippen molar-refractivity contribution in [2.45, 2.75) is 26.3 Å². The lowest BCUT2D eigenvalue weighted by Gasteiger charge is -2.11. The molecule has 0 unspecified atom stereocenters. The van der Waals surface area contributed by atoms with Crippen LogP contribution < -0.4 is 5.56 Å². The van der Waals surface area contributed by atoms with Crippen molar-refractivity contribution in [2.75, 3.05) is 0 Å². The van der Waals surface area contributed by atoms with Crippen LogP contribution in [-0.4, -0.2) is 24.4 Å². The molecule has 140 valence electrons. The van der Waals surface area contributed by atoms with Crippen molar-refractivity contribution in [1.29, 1.82) is 5.26 Å². The summed E-state index contributed by atoms with van der Waals surface area (Å²) in [5, 5.41) is 18.4. The molecule has 0 bridgehead atoms. The molecule has 4 aromatic rings. The maximum atomic E-state index is 13.0. The monoisotopic (exact) mass is 392 g/mol. The van der Waals surface area contributed by atoms with Gasteiger partial charge in [0.05, 0.1) is 24.6 Å². The normalized spacial score (nSPS) is 11.2. The molecule has 4 rings (SSSR count). The lowest BCUT2D eigenvalue weighted by Crippen LogP contribution is -2.22. The van der Waals surface area contributed by atoms with Crippen LogP contribution in [0.1, 0.15) is 36.5 Å². The number of rotatable bonds is 4. The quantitative estimate of drug-likeness (QED) is 0.574. The van der Waals surface area contributed by atoms with Crippen molar-refractivity contribution < 1.29 is 0 Å². The Kier molecular flexibility index (Phi) is 4.49. The number of hydrogen-bond donors (Lipinski definition) is 1. The van der Waals surface area contributed by atoms with Gasteiger partial charge in [-0.2, -0.15) is 20.0 Å². The zero-order valence-corrected chi connectivity index (χ0v) is 16.1. The number of benzene rings is 1. The number of H-pyrrole nitrogens is 1. The average molecular weight is 393 g/mol. The van der Waals surface area contributed by atoms with Gasteiger partial charge in [0.1, 0.15) is 11.6 Å². The second-order valence-electron chi connectivity index (χ2n) is 6.86. The minimum absolute atomic E-state index is 0.0332. The molecule has 0 saturated heterocycles. The number of aromatic amines is 1. The predicted octanol–water partition coefficient (Wildman–Crippen LogP) is 3.58. The second-order valence-corrected chi connectivity index (χ2v) is 7.30. The predicted molar refractivity (Wildman–Crippen MR) is 106 cm³/mol. The summed E-state index contributed by atoms with van der Waals surface area (Å²) in [5.41, 5.74) is 3.52. The molecule has 0 fully saturated rings. The molecule has 1 aromatic carbocycles. The maximum Gasteiger partial charge on any atom is 0.278 e. The zero-order chi connectivity index (χ0) is 19.8. The van der Waals surface area contributed by atoms with E-state index >= 15 is 0 Å². The van der Waals surface area contributed by atoms with Crippen molar-refractivity contribution in [3.8, 4) is 17.3 Å². The highest BCUT2D eigenvalue weighted by atomic mass is 35.5.